The van der Waals surface area contributed by atoms with Crippen molar-refractivity contribution >= 4 is 5.91 Å². The lowest BCUT2D eigenvalue weighted by Crippen LogP contribution is -2.41. The van der Waals surface area contributed by atoms with Crippen LogP contribution in [0, 0.1) is 5.92 Å². The van der Waals surface area contributed by atoms with Crippen LogP contribution in [0.5, 0.6) is 0 Å². The van der Waals surface area contributed by atoms with Crippen molar-refractivity contribution < 1.29 is 9.53 Å². The number of carbonyl (C=O) groups is 1. The zero-order chi connectivity index (χ0) is 12.6. The number of rotatable bonds is 5. The smallest absolute Gasteiger partial charge is 0.222 e. The fourth-order valence-electron chi connectivity index (χ4n) is 2.92. The Morgan fingerprint density at radius 2 is 2.11 bits per heavy atom. The third kappa shape index (κ3) is 4.94. The molecule has 18 heavy (non-hydrogen) atoms. The van der Waals surface area contributed by atoms with E-state index in [1.54, 1.807) is 0 Å². The van der Waals surface area contributed by atoms with Gasteiger partial charge in [0.2, 0.25) is 5.91 Å². The summed E-state index contributed by atoms with van der Waals surface area (Å²) in [6.07, 6.45) is 8.56. The first-order chi connectivity index (χ1) is 8.84. The zero-order valence-electron chi connectivity index (χ0n) is 11.2. The van der Waals surface area contributed by atoms with Crippen molar-refractivity contribution in [2.75, 3.05) is 26.2 Å². The van der Waals surface area contributed by atoms with Gasteiger partial charge in [0.25, 0.3) is 0 Å². The van der Waals surface area contributed by atoms with Gasteiger partial charge in [0, 0.05) is 19.6 Å². The quantitative estimate of drug-likeness (QED) is 0.781. The number of amides is 1. The van der Waals surface area contributed by atoms with Gasteiger partial charge in [-0.25, -0.2) is 0 Å². The molecule has 4 nitrogen and oxygen atoms in total. The van der Waals surface area contributed by atoms with Crippen LogP contribution in [-0.2, 0) is 9.53 Å². The summed E-state index contributed by atoms with van der Waals surface area (Å²) in [5, 5.41) is 6.27. The molecular weight excluding hydrogens is 228 g/mol. The van der Waals surface area contributed by atoms with E-state index >= 15 is 0 Å². The Balaban J connectivity index is 1.53. The van der Waals surface area contributed by atoms with Gasteiger partial charge in [0.1, 0.15) is 0 Å². The number of ether oxygens (including phenoxy) is 1. The highest BCUT2D eigenvalue weighted by molar-refractivity contribution is 5.76. The average Bonchev–Trinajstić information content (AvgIpc) is 2.41. The number of carbonyl (C=O) groups excluding carboxylic acids is 1. The fourth-order valence-corrected chi connectivity index (χ4v) is 2.92. The molecule has 2 fully saturated rings. The van der Waals surface area contributed by atoms with Crippen molar-refractivity contribution in [1.29, 1.82) is 0 Å². The SMILES string of the molecule is O=C(CC1CNCCO1)NCCC1CCCCC1. The van der Waals surface area contributed by atoms with E-state index in [0.29, 0.717) is 6.42 Å². The summed E-state index contributed by atoms with van der Waals surface area (Å²) < 4.78 is 5.52. The second-order valence-electron chi connectivity index (χ2n) is 5.54. The second-order valence-corrected chi connectivity index (χ2v) is 5.54. The molecule has 0 spiro atoms. The van der Waals surface area contributed by atoms with Gasteiger partial charge in [0.15, 0.2) is 0 Å². The lowest BCUT2D eigenvalue weighted by Gasteiger charge is -2.24. The van der Waals surface area contributed by atoms with Crippen LogP contribution in [0.3, 0.4) is 0 Å². The van der Waals surface area contributed by atoms with E-state index in [1.165, 1.54) is 32.1 Å². The van der Waals surface area contributed by atoms with Crippen molar-refractivity contribution in [3.8, 4) is 0 Å². The number of hydrogen-bond donors (Lipinski definition) is 2. The van der Waals surface area contributed by atoms with Gasteiger partial charge < -0.3 is 15.4 Å². The Hall–Kier alpha value is -0.610. The Morgan fingerprint density at radius 1 is 1.28 bits per heavy atom. The fraction of sp³-hybridized carbons (Fsp3) is 0.929. The van der Waals surface area contributed by atoms with E-state index < -0.39 is 0 Å². The summed E-state index contributed by atoms with van der Waals surface area (Å²) >= 11 is 0. The molecule has 1 aliphatic carbocycles. The van der Waals surface area contributed by atoms with Gasteiger partial charge in [-0.15, -0.1) is 0 Å². The Labute approximate surface area is 110 Å². The molecule has 2 aliphatic rings. The molecule has 4 heteroatoms. The molecule has 1 atom stereocenters. The van der Waals surface area contributed by atoms with Gasteiger partial charge in [-0.3, -0.25) is 4.79 Å². The molecular formula is C14H26N2O2. The van der Waals surface area contributed by atoms with E-state index in [9.17, 15) is 4.79 Å². The molecule has 104 valence electrons. The minimum absolute atomic E-state index is 0.0634. The van der Waals surface area contributed by atoms with Crippen LogP contribution in [0.25, 0.3) is 0 Å². The van der Waals surface area contributed by atoms with Crippen LogP contribution in [0.1, 0.15) is 44.9 Å². The van der Waals surface area contributed by atoms with Crippen LogP contribution in [-0.4, -0.2) is 38.3 Å². The summed E-state index contributed by atoms with van der Waals surface area (Å²) in [7, 11) is 0. The summed E-state index contributed by atoms with van der Waals surface area (Å²) in [4.78, 5) is 11.7. The van der Waals surface area contributed by atoms with Crippen molar-refractivity contribution in [3.05, 3.63) is 0 Å². The minimum atomic E-state index is 0.0634. The van der Waals surface area contributed by atoms with Crippen molar-refractivity contribution in [2.24, 2.45) is 5.92 Å². The van der Waals surface area contributed by atoms with Crippen molar-refractivity contribution in [1.82, 2.24) is 10.6 Å². The topological polar surface area (TPSA) is 50.4 Å². The van der Waals surface area contributed by atoms with Crippen LogP contribution in [0.2, 0.25) is 0 Å². The highest BCUT2D eigenvalue weighted by atomic mass is 16.5. The van der Waals surface area contributed by atoms with E-state index in [2.05, 4.69) is 10.6 Å². The van der Waals surface area contributed by atoms with Crippen LogP contribution >= 0.6 is 0 Å². The summed E-state index contributed by atoms with van der Waals surface area (Å²) in [5.41, 5.74) is 0. The van der Waals surface area contributed by atoms with Crippen LogP contribution < -0.4 is 10.6 Å². The predicted molar refractivity (Wildman–Crippen MR) is 71.4 cm³/mol. The molecule has 0 aromatic carbocycles. The number of nitrogens with one attached hydrogen (secondary N) is 2. The molecule has 0 aromatic rings. The Morgan fingerprint density at radius 3 is 2.83 bits per heavy atom. The van der Waals surface area contributed by atoms with E-state index in [0.717, 1.165) is 38.6 Å². The van der Waals surface area contributed by atoms with Gasteiger partial charge >= 0.3 is 0 Å². The second kappa shape index (κ2) is 7.74. The number of hydrogen-bond acceptors (Lipinski definition) is 3. The standard InChI is InChI=1S/C14H26N2O2/c17-14(10-13-11-15-8-9-18-13)16-7-6-12-4-2-1-3-5-12/h12-13,15H,1-11H2,(H,16,17). The van der Waals surface area contributed by atoms with Gasteiger partial charge in [0.05, 0.1) is 19.1 Å². The average molecular weight is 254 g/mol. The van der Waals surface area contributed by atoms with Crippen molar-refractivity contribution in [2.45, 2.75) is 51.0 Å². The summed E-state index contributed by atoms with van der Waals surface area (Å²) in [5.74, 6) is 0.978. The molecule has 1 heterocycles. The maximum Gasteiger partial charge on any atom is 0.222 e. The molecule has 1 saturated carbocycles. The lowest BCUT2D eigenvalue weighted by molar-refractivity contribution is -0.124. The van der Waals surface area contributed by atoms with Gasteiger partial charge in [-0.1, -0.05) is 32.1 Å². The first-order valence-electron chi connectivity index (χ1n) is 7.43. The van der Waals surface area contributed by atoms with E-state index in [1.807, 2.05) is 0 Å². The molecule has 1 amide bonds. The van der Waals surface area contributed by atoms with Crippen LogP contribution in [0.4, 0.5) is 0 Å². The Kier molecular flexibility index (Phi) is 5.94. The van der Waals surface area contributed by atoms with E-state index in [4.69, 9.17) is 4.74 Å². The first-order valence-corrected chi connectivity index (χ1v) is 7.43. The maximum atomic E-state index is 11.7. The zero-order valence-corrected chi connectivity index (χ0v) is 11.2. The molecule has 1 unspecified atom stereocenters. The third-order valence-corrected chi connectivity index (χ3v) is 4.02. The summed E-state index contributed by atoms with van der Waals surface area (Å²) in [6.45, 7) is 3.26. The van der Waals surface area contributed by atoms with Gasteiger partial charge in [-0.05, 0) is 12.3 Å². The molecule has 0 aromatic heterocycles. The molecule has 1 aliphatic heterocycles. The number of morpholine rings is 1. The molecule has 2 N–H and O–H groups in total. The lowest BCUT2D eigenvalue weighted by atomic mass is 9.87. The normalized spacial score (nSPS) is 25.9. The molecule has 0 radical (unpaired) electrons. The monoisotopic (exact) mass is 254 g/mol. The first kappa shape index (κ1) is 13.8. The van der Waals surface area contributed by atoms with Crippen molar-refractivity contribution in [3.63, 3.8) is 0 Å². The highest BCUT2D eigenvalue weighted by Crippen LogP contribution is 2.25. The third-order valence-electron chi connectivity index (χ3n) is 4.02. The molecule has 0 bridgehead atoms. The van der Waals surface area contributed by atoms with Crippen LogP contribution in [0.15, 0.2) is 0 Å². The predicted octanol–water partition coefficient (Wildman–Crippen LogP) is 1.45. The Bertz CT molecular complexity index is 246. The summed E-state index contributed by atoms with van der Waals surface area (Å²) in [6, 6.07) is 0. The molecule has 2 rings (SSSR count). The highest BCUT2D eigenvalue weighted by Gasteiger charge is 2.17. The van der Waals surface area contributed by atoms with Gasteiger partial charge in [-0.2, -0.15) is 0 Å². The maximum absolute atomic E-state index is 11.7. The van der Waals surface area contributed by atoms with E-state index in [-0.39, 0.29) is 12.0 Å². The molecule has 1 saturated heterocycles. The minimum Gasteiger partial charge on any atom is -0.375 e. The largest absolute Gasteiger partial charge is 0.375 e.